The fourth-order valence-electron chi connectivity index (χ4n) is 2.42. The van der Waals surface area contributed by atoms with Gasteiger partial charge < -0.3 is 9.52 Å². The zero-order valence-corrected chi connectivity index (χ0v) is 13.4. The Morgan fingerprint density at radius 3 is 2.65 bits per heavy atom. The predicted octanol–water partition coefficient (Wildman–Crippen LogP) is 4.34. The third-order valence-corrected chi connectivity index (χ3v) is 3.95. The molecule has 0 aliphatic rings. The average Bonchev–Trinajstić information content (AvgIpc) is 2.55. The number of nitrogens with zero attached hydrogens (tertiary/aromatic N) is 1. The van der Waals surface area contributed by atoms with E-state index in [0.717, 1.165) is 5.56 Å². The fraction of sp³-hybridized carbons (Fsp3) is 0.111. The maximum atomic E-state index is 12.4. The molecule has 0 fully saturated rings. The molecule has 4 nitrogen and oxygen atoms in total. The van der Waals surface area contributed by atoms with Crippen LogP contribution in [-0.4, -0.2) is 10.1 Å². The van der Waals surface area contributed by atoms with Gasteiger partial charge in [0.15, 0.2) is 5.76 Å². The molecule has 3 aromatic rings. The normalized spacial score (nSPS) is 10.7. The van der Waals surface area contributed by atoms with Crippen molar-refractivity contribution < 1.29 is 9.52 Å². The van der Waals surface area contributed by atoms with Crippen LogP contribution in [0.15, 0.2) is 51.8 Å². The van der Waals surface area contributed by atoms with E-state index < -0.39 is 5.63 Å². The number of hydrogen-bond donors (Lipinski definition) is 1. The molecular formula is C18H14ClNO3. The zero-order valence-electron chi connectivity index (χ0n) is 12.6. The quantitative estimate of drug-likeness (QED) is 0.760. The Bertz CT molecular complexity index is 933. The van der Waals surface area contributed by atoms with Crippen LogP contribution in [0.1, 0.15) is 11.1 Å². The second kappa shape index (κ2) is 5.89. The fourth-order valence-corrected chi connectivity index (χ4v) is 2.63. The standard InChI is InChI=1S/C18H14ClNO3/c1-10-6-7-13(19)12(9-10)15-16(21)11(2)17(23-18(15)22)14-5-3-4-8-20-14/h3-9,21H,1-2H3. The number of rotatable bonds is 2. The molecule has 23 heavy (non-hydrogen) atoms. The molecule has 0 bridgehead atoms. The first-order chi connectivity index (χ1) is 11.0. The van der Waals surface area contributed by atoms with Crippen LogP contribution >= 0.6 is 11.6 Å². The van der Waals surface area contributed by atoms with Crippen LogP contribution in [0.25, 0.3) is 22.6 Å². The zero-order chi connectivity index (χ0) is 16.6. The van der Waals surface area contributed by atoms with E-state index in [9.17, 15) is 9.90 Å². The third-order valence-electron chi connectivity index (χ3n) is 3.62. The van der Waals surface area contributed by atoms with Crippen molar-refractivity contribution in [2.75, 3.05) is 0 Å². The van der Waals surface area contributed by atoms with Crippen molar-refractivity contribution in [2.24, 2.45) is 0 Å². The summed E-state index contributed by atoms with van der Waals surface area (Å²) in [5.74, 6) is 0.107. The Morgan fingerprint density at radius 2 is 1.96 bits per heavy atom. The van der Waals surface area contributed by atoms with Gasteiger partial charge in [-0.3, -0.25) is 4.98 Å². The summed E-state index contributed by atoms with van der Waals surface area (Å²) in [4.78, 5) is 16.6. The smallest absolute Gasteiger partial charge is 0.348 e. The average molecular weight is 328 g/mol. The van der Waals surface area contributed by atoms with Gasteiger partial charge in [-0.2, -0.15) is 0 Å². The van der Waals surface area contributed by atoms with Gasteiger partial charge in [-0.05, 0) is 38.1 Å². The van der Waals surface area contributed by atoms with Crippen LogP contribution in [-0.2, 0) is 0 Å². The van der Waals surface area contributed by atoms with E-state index in [0.29, 0.717) is 21.8 Å². The van der Waals surface area contributed by atoms with E-state index in [1.165, 1.54) is 0 Å². The van der Waals surface area contributed by atoms with Gasteiger partial charge in [-0.15, -0.1) is 0 Å². The lowest BCUT2D eigenvalue weighted by atomic mass is 10.0. The summed E-state index contributed by atoms with van der Waals surface area (Å²) in [5, 5.41) is 10.9. The van der Waals surface area contributed by atoms with Gasteiger partial charge in [0.1, 0.15) is 17.0 Å². The minimum absolute atomic E-state index is 0.0656. The molecule has 0 aliphatic heterocycles. The summed E-state index contributed by atoms with van der Waals surface area (Å²) in [6.45, 7) is 3.56. The Hall–Kier alpha value is -2.59. The number of hydrogen-bond acceptors (Lipinski definition) is 4. The molecule has 0 radical (unpaired) electrons. The van der Waals surface area contributed by atoms with Gasteiger partial charge in [-0.1, -0.05) is 29.3 Å². The Labute approximate surface area is 138 Å². The van der Waals surface area contributed by atoms with Crippen molar-refractivity contribution in [2.45, 2.75) is 13.8 Å². The van der Waals surface area contributed by atoms with Crippen LogP contribution in [0.4, 0.5) is 0 Å². The molecule has 0 atom stereocenters. The van der Waals surface area contributed by atoms with Crippen molar-refractivity contribution in [3.8, 4) is 28.3 Å². The molecule has 116 valence electrons. The molecule has 1 aromatic carbocycles. The van der Waals surface area contributed by atoms with E-state index in [1.807, 2.05) is 13.0 Å². The number of aromatic hydroxyl groups is 1. The number of benzene rings is 1. The van der Waals surface area contributed by atoms with E-state index >= 15 is 0 Å². The second-order valence-corrected chi connectivity index (χ2v) is 5.67. The van der Waals surface area contributed by atoms with E-state index in [2.05, 4.69) is 4.98 Å². The second-order valence-electron chi connectivity index (χ2n) is 5.27. The number of pyridine rings is 1. The summed E-state index contributed by atoms with van der Waals surface area (Å²) in [6.07, 6.45) is 1.59. The van der Waals surface area contributed by atoms with Gasteiger partial charge in [-0.25, -0.2) is 4.79 Å². The molecular weight excluding hydrogens is 314 g/mol. The first-order valence-electron chi connectivity index (χ1n) is 7.03. The van der Waals surface area contributed by atoms with Crippen LogP contribution in [0.3, 0.4) is 0 Å². The molecule has 0 saturated heterocycles. The van der Waals surface area contributed by atoms with Crippen LogP contribution in [0.5, 0.6) is 5.75 Å². The highest BCUT2D eigenvalue weighted by Crippen LogP contribution is 2.37. The van der Waals surface area contributed by atoms with Crippen molar-refractivity contribution in [3.05, 3.63) is 69.2 Å². The lowest BCUT2D eigenvalue weighted by Crippen LogP contribution is -2.07. The van der Waals surface area contributed by atoms with Gasteiger partial charge in [0, 0.05) is 22.3 Å². The third kappa shape index (κ3) is 2.73. The molecule has 0 unspecified atom stereocenters. The summed E-state index contributed by atoms with van der Waals surface area (Å²) in [5.41, 5.74) is 1.72. The van der Waals surface area contributed by atoms with Crippen molar-refractivity contribution in [1.82, 2.24) is 4.98 Å². The molecule has 2 aromatic heterocycles. The summed E-state index contributed by atoms with van der Waals surface area (Å²) in [6, 6.07) is 10.5. The largest absolute Gasteiger partial charge is 0.507 e. The number of halogens is 1. The molecule has 2 heterocycles. The van der Waals surface area contributed by atoms with E-state index in [1.54, 1.807) is 43.5 Å². The first kappa shape index (κ1) is 15.3. The summed E-state index contributed by atoms with van der Waals surface area (Å²) >= 11 is 6.18. The molecule has 1 N–H and O–H groups in total. The van der Waals surface area contributed by atoms with Gasteiger partial charge in [0.25, 0.3) is 0 Å². The highest BCUT2D eigenvalue weighted by molar-refractivity contribution is 6.33. The predicted molar refractivity (Wildman–Crippen MR) is 89.8 cm³/mol. The number of aromatic nitrogens is 1. The molecule has 0 aliphatic carbocycles. The lowest BCUT2D eigenvalue weighted by molar-refractivity contribution is 0.450. The highest BCUT2D eigenvalue weighted by atomic mass is 35.5. The van der Waals surface area contributed by atoms with Gasteiger partial charge in [0.05, 0.1) is 0 Å². The first-order valence-corrected chi connectivity index (χ1v) is 7.41. The molecule has 0 saturated carbocycles. The van der Waals surface area contributed by atoms with E-state index in [-0.39, 0.29) is 17.1 Å². The van der Waals surface area contributed by atoms with E-state index in [4.69, 9.17) is 16.0 Å². The van der Waals surface area contributed by atoms with Crippen LogP contribution in [0.2, 0.25) is 5.02 Å². The maximum Gasteiger partial charge on any atom is 0.348 e. The van der Waals surface area contributed by atoms with Crippen LogP contribution in [0, 0.1) is 13.8 Å². The molecule has 5 heteroatoms. The molecule has 0 spiro atoms. The van der Waals surface area contributed by atoms with Crippen LogP contribution < -0.4 is 5.63 Å². The summed E-state index contributed by atoms with van der Waals surface area (Å²) < 4.78 is 5.42. The lowest BCUT2D eigenvalue weighted by Gasteiger charge is -2.11. The Kier molecular flexibility index (Phi) is 3.92. The number of aryl methyl sites for hydroxylation is 1. The van der Waals surface area contributed by atoms with Crippen molar-refractivity contribution >= 4 is 11.6 Å². The minimum atomic E-state index is -0.652. The van der Waals surface area contributed by atoms with Crippen molar-refractivity contribution in [1.29, 1.82) is 0 Å². The topological polar surface area (TPSA) is 63.3 Å². The SMILES string of the molecule is Cc1ccc(Cl)c(-c2c(O)c(C)c(-c3ccccn3)oc2=O)c1. The molecule has 0 amide bonds. The molecule has 3 rings (SSSR count). The Morgan fingerprint density at radius 1 is 1.17 bits per heavy atom. The monoisotopic (exact) mass is 327 g/mol. The highest BCUT2D eigenvalue weighted by Gasteiger charge is 2.21. The minimum Gasteiger partial charge on any atom is -0.507 e. The Balaban J connectivity index is 2.28. The van der Waals surface area contributed by atoms with Gasteiger partial charge in [0.2, 0.25) is 0 Å². The van der Waals surface area contributed by atoms with Gasteiger partial charge >= 0.3 is 5.63 Å². The summed E-state index contributed by atoms with van der Waals surface area (Å²) in [7, 11) is 0. The van der Waals surface area contributed by atoms with Crippen molar-refractivity contribution in [3.63, 3.8) is 0 Å². The maximum absolute atomic E-state index is 12.4.